The zero-order valence-corrected chi connectivity index (χ0v) is 12.8. The standard InChI is InChI=1S/C16H19NO5/c1-9-4-5-12-11(8-22-15(12)10(9)2)6-14(18)17-7-13(21-3)16(19)20/h4-5,8,13H,6-7H2,1-3H3,(H,17,18)(H,19,20). The van der Waals surface area contributed by atoms with Gasteiger partial charge in [-0.1, -0.05) is 12.1 Å². The summed E-state index contributed by atoms with van der Waals surface area (Å²) in [5.74, 6) is -1.38. The second-order valence-corrected chi connectivity index (χ2v) is 5.19. The van der Waals surface area contributed by atoms with Crippen molar-refractivity contribution in [2.24, 2.45) is 0 Å². The third-order valence-electron chi connectivity index (χ3n) is 3.74. The molecule has 0 aliphatic heterocycles. The molecule has 0 spiro atoms. The van der Waals surface area contributed by atoms with Gasteiger partial charge in [0.05, 0.1) is 19.2 Å². The average Bonchev–Trinajstić information content (AvgIpc) is 2.87. The Morgan fingerprint density at radius 3 is 2.73 bits per heavy atom. The van der Waals surface area contributed by atoms with E-state index in [1.165, 1.54) is 7.11 Å². The molecule has 1 atom stereocenters. The van der Waals surface area contributed by atoms with Crippen molar-refractivity contribution in [3.8, 4) is 0 Å². The first-order valence-electron chi connectivity index (χ1n) is 6.92. The summed E-state index contributed by atoms with van der Waals surface area (Å²) >= 11 is 0. The normalized spacial score (nSPS) is 12.3. The van der Waals surface area contributed by atoms with E-state index in [4.69, 9.17) is 14.3 Å². The molecule has 1 unspecified atom stereocenters. The number of ether oxygens (including phenoxy) is 1. The number of rotatable bonds is 6. The van der Waals surface area contributed by atoms with Gasteiger partial charge in [-0.25, -0.2) is 4.79 Å². The van der Waals surface area contributed by atoms with Gasteiger partial charge >= 0.3 is 5.97 Å². The van der Waals surface area contributed by atoms with E-state index >= 15 is 0 Å². The first-order chi connectivity index (χ1) is 10.4. The number of carboxylic acid groups (broad SMARTS) is 1. The molecule has 2 N–H and O–H groups in total. The lowest BCUT2D eigenvalue weighted by molar-refractivity contribution is -0.148. The molecular weight excluding hydrogens is 286 g/mol. The van der Waals surface area contributed by atoms with E-state index < -0.39 is 12.1 Å². The molecule has 118 valence electrons. The SMILES string of the molecule is COC(CNC(=O)Cc1coc2c(C)c(C)ccc12)C(=O)O. The van der Waals surface area contributed by atoms with Crippen molar-refractivity contribution in [1.82, 2.24) is 5.32 Å². The quantitative estimate of drug-likeness (QED) is 0.849. The van der Waals surface area contributed by atoms with Crippen molar-refractivity contribution < 1.29 is 23.8 Å². The van der Waals surface area contributed by atoms with Crippen LogP contribution in [0.3, 0.4) is 0 Å². The van der Waals surface area contributed by atoms with Crippen LogP contribution in [0.4, 0.5) is 0 Å². The van der Waals surface area contributed by atoms with Gasteiger partial charge in [0.1, 0.15) is 5.58 Å². The summed E-state index contributed by atoms with van der Waals surface area (Å²) in [6.07, 6.45) is 0.655. The fraction of sp³-hybridized carbons (Fsp3) is 0.375. The van der Waals surface area contributed by atoms with Crippen molar-refractivity contribution in [1.29, 1.82) is 0 Å². The fourth-order valence-electron chi connectivity index (χ4n) is 2.24. The monoisotopic (exact) mass is 305 g/mol. The number of amides is 1. The summed E-state index contributed by atoms with van der Waals surface area (Å²) in [6, 6.07) is 3.92. The van der Waals surface area contributed by atoms with Crippen molar-refractivity contribution in [3.63, 3.8) is 0 Å². The molecule has 0 saturated heterocycles. The molecule has 1 amide bonds. The lowest BCUT2D eigenvalue weighted by Gasteiger charge is -2.11. The first kappa shape index (κ1) is 16.0. The molecule has 6 heteroatoms. The lowest BCUT2D eigenvalue weighted by Crippen LogP contribution is -2.38. The summed E-state index contributed by atoms with van der Waals surface area (Å²) < 4.78 is 10.3. The van der Waals surface area contributed by atoms with Gasteiger partial charge < -0.3 is 19.6 Å². The molecule has 0 saturated carbocycles. The Hall–Kier alpha value is -2.34. The minimum Gasteiger partial charge on any atom is -0.479 e. The number of fused-ring (bicyclic) bond motifs is 1. The maximum atomic E-state index is 11.9. The molecule has 1 aromatic heterocycles. The predicted molar refractivity (Wildman–Crippen MR) is 80.8 cm³/mol. The number of carbonyl (C=O) groups is 2. The number of methoxy groups -OCH3 is 1. The van der Waals surface area contributed by atoms with Gasteiger partial charge in [-0.15, -0.1) is 0 Å². The molecule has 0 aliphatic rings. The van der Waals surface area contributed by atoms with Gasteiger partial charge in [-0.05, 0) is 25.0 Å². The molecule has 0 fully saturated rings. The van der Waals surface area contributed by atoms with E-state index in [1.54, 1.807) is 6.26 Å². The van der Waals surface area contributed by atoms with E-state index in [9.17, 15) is 9.59 Å². The van der Waals surface area contributed by atoms with Crippen LogP contribution in [0.15, 0.2) is 22.8 Å². The van der Waals surface area contributed by atoms with Gasteiger partial charge in [0, 0.05) is 18.1 Å². The van der Waals surface area contributed by atoms with Gasteiger partial charge in [-0.3, -0.25) is 4.79 Å². The highest BCUT2D eigenvalue weighted by Crippen LogP contribution is 2.26. The molecule has 6 nitrogen and oxygen atoms in total. The van der Waals surface area contributed by atoms with Crippen molar-refractivity contribution in [3.05, 3.63) is 35.1 Å². The van der Waals surface area contributed by atoms with Crippen LogP contribution in [0.5, 0.6) is 0 Å². The van der Waals surface area contributed by atoms with E-state index in [0.717, 1.165) is 27.7 Å². The van der Waals surface area contributed by atoms with Crippen LogP contribution in [-0.4, -0.2) is 36.7 Å². The second-order valence-electron chi connectivity index (χ2n) is 5.19. The molecule has 1 aromatic carbocycles. The largest absolute Gasteiger partial charge is 0.479 e. The predicted octanol–water partition coefficient (Wildman–Crippen LogP) is 1.81. The number of aryl methyl sites for hydroxylation is 2. The molecular formula is C16H19NO5. The third-order valence-corrected chi connectivity index (χ3v) is 3.74. The second kappa shape index (κ2) is 6.62. The molecule has 1 heterocycles. The summed E-state index contributed by atoms with van der Waals surface area (Å²) in [4.78, 5) is 22.8. The number of aliphatic carboxylic acids is 1. The highest BCUT2D eigenvalue weighted by Gasteiger charge is 2.18. The third kappa shape index (κ3) is 3.28. The Balaban J connectivity index is 2.06. The van der Waals surface area contributed by atoms with E-state index in [2.05, 4.69) is 5.32 Å². The Morgan fingerprint density at radius 2 is 2.09 bits per heavy atom. The number of benzene rings is 1. The maximum absolute atomic E-state index is 11.9. The Bertz CT molecular complexity index is 704. The Kier molecular flexibility index (Phi) is 4.82. The molecule has 0 bridgehead atoms. The summed E-state index contributed by atoms with van der Waals surface area (Å²) in [7, 11) is 1.29. The number of carboxylic acids is 1. The van der Waals surface area contributed by atoms with Crippen molar-refractivity contribution in [2.75, 3.05) is 13.7 Å². The fourth-order valence-corrected chi connectivity index (χ4v) is 2.24. The van der Waals surface area contributed by atoms with Crippen LogP contribution in [-0.2, 0) is 20.7 Å². The molecule has 22 heavy (non-hydrogen) atoms. The summed E-state index contributed by atoms with van der Waals surface area (Å²) in [6.45, 7) is 3.90. The van der Waals surface area contributed by atoms with E-state index in [0.29, 0.717) is 0 Å². The smallest absolute Gasteiger partial charge is 0.334 e. The summed E-state index contributed by atoms with van der Waals surface area (Å²) in [5, 5.41) is 12.3. The maximum Gasteiger partial charge on any atom is 0.334 e. The lowest BCUT2D eigenvalue weighted by atomic mass is 10.0. The van der Waals surface area contributed by atoms with Gasteiger partial charge in [0.2, 0.25) is 5.91 Å². The van der Waals surface area contributed by atoms with Crippen LogP contribution in [0, 0.1) is 13.8 Å². The van der Waals surface area contributed by atoms with E-state index in [-0.39, 0.29) is 18.9 Å². The van der Waals surface area contributed by atoms with Crippen LogP contribution in [0.25, 0.3) is 11.0 Å². The first-order valence-corrected chi connectivity index (χ1v) is 6.92. The van der Waals surface area contributed by atoms with Crippen LogP contribution < -0.4 is 5.32 Å². The molecule has 0 radical (unpaired) electrons. The van der Waals surface area contributed by atoms with Crippen molar-refractivity contribution >= 4 is 22.8 Å². The Morgan fingerprint density at radius 1 is 1.36 bits per heavy atom. The van der Waals surface area contributed by atoms with E-state index in [1.807, 2.05) is 26.0 Å². The van der Waals surface area contributed by atoms with Crippen LogP contribution >= 0.6 is 0 Å². The number of nitrogens with one attached hydrogen (secondary N) is 1. The number of hydrogen-bond acceptors (Lipinski definition) is 4. The number of hydrogen-bond donors (Lipinski definition) is 2. The zero-order chi connectivity index (χ0) is 16.3. The minimum absolute atomic E-state index is 0.0708. The Labute approximate surface area is 128 Å². The minimum atomic E-state index is -1.11. The number of carbonyl (C=O) groups excluding carboxylic acids is 1. The average molecular weight is 305 g/mol. The molecule has 2 rings (SSSR count). The molecule has 0 aliphatic carbocycles. The highest BCUT2D eigenvalue weighted by atomic mass is 16.5. The van der Waals surface area contributed by atoms with Gasteiger partial charge in [0.15, 0.2) is 6.10 Å². The van der Waals surface area contributed by atoms with Crippen LogP contribution in [0.2, 0.25) is 0 Å². The summed E-state index contributed by atoms with van der Waals surface area (Å²) in [5.41, 5.74) is 3.74. The van der Waals surface area contributed by atoms with Crippen LogP contribution in [0.1, 0.15) is 16.7 Å². The number of furan rings is 1. The topological polar surface area (TPSA) is 88.8 Å². The molecule has 2 aromatic rings. The highest BCUT2D eigenvalue weighted by molar-refractivity contribution is 5.89. The van der Waals surface area contributed by atoms with Crippen molar-refractivity contribution in [2.45, 2.75) is 26.4 Å². The zero-order valence-electron chi connectivity index (χ0n) is 12.8. The van der Waals surface area contributed by atoms with Gasteiger partial charge in [0.25, 0.3) is 0 Å². The van der Waals surface area contributed by atoms with Gasteiger partial charge in [-0.2, -0.15) is 0 Å².